The first kappa shape index (κ1) is 22.5. The number of carbonyl (C=O) groups is 2. The minimum absolute atomic E-state index is 0.0968. The normalized spacial score (nSPS) is 15.4. The molecule has 0 radical (unpaired) electrons. The maximum Gasteiger partial charge on any atom is 0.271 e. The van der Waals surface area contributed by atoms with E-state index in [-0.39, 0.29) is 23.3 Å². The smallest absolute Gasteiger partial charge is 0.271 e. The standard InChI is InChI=1S/C25H15Cl2FN2O3/c1-14-19(11-18-7-9-23(33-18)16-4-8-21(26)22(27)10-16)24(31)30(25(32)20(14)12-29)13-15-2-5-17(28)6-3-15/h2-11H,13H2,1H3/b19-11+. The lowest BCUT2D eigenvalue weighted by atomic mass is 9.94. The monoisotopic (exact) mass is 480 g/mol. The van der Waals surface area contributed by atoms with Crippen LogP contribution >= 0.6 is 23.2 Å². The third-order valence-electron chi connectivity index (χ3n) is 5.20. The van der Waals surface area contributed by atoms with E-state index in [1.54, 1.807) is 30.3 Å². The van der Waals surface area contributed by atoms with Crippen LogP contribution in [-0.2, 0) is 16.1 Å². The highest BCUT2D eigenvalue weighted by atomic mass is 35.5. The lowest BCUT2D eigenvalue weighted by Gasteiger charge is -2.27. The van der Waals surface area contributed by atoms with Gasteiger partial charge in [-0.25, -0.2) is 4.39 Å². The van der Waals surface area contributed by atoms with Crippen molar-refractivity contribution in [3.05, 3.63) is 98.5 Å². The Morgan fingerprint density at radius 3 is 2.42 bits per heavy atom. The quantitative estimate of drug-likeness (QED) is 0.329. The van der Waals surface area contributed by atoms with Gasteiger partial charge in [-0.15, -0.1) is 0 Å². The van der Waals surface area contributed by atoms with Gasteiger partial charge in [0.2, 0.25) is 0 Å². The molecule has 0 unspecified atom stereocenters. The van der Waals surface area contributed by atoms with Crippen LogP contribution in [0.4, 0.5) is 4.39 Å². The van der Waals surface area contributed by atoms with Crippen LogP contribution in [0.15, 0.2) is 75.7 Å². The summed E-state index contributed by atoms with van der Waals surface area (Å²) >= 11 is 12.0. The van der Waals surface area contributed by atoms with Gasteiger partial charge >= 0.3 is 0 Å². The number of carbonyl (C=O) groups excluding carboxylic acids is 2. The first-order valence-corrected chi connectivity index (χ1v) is 10.5. The summed E-state index contributed by atoms with van der Waals surface area (Å²) < 4.78 is 19.1. The SMILES string of the molecule is CC1=C(C#N)C(=O)N(Cc2ccc(F)cc2)C(=O)/C1=C/c1ccc(-c2ccc(Cl)c(Cl)c2)o1. The van der Waals surface area contributed by atoms with Crippen LogP contribution in [0, 0.1) is 17.1 Å². The minimum atomic E-state index is -0.697. The van der Waals surface area contributed by atoms with Gasteiger partial charge in [-0.05, 0) is 66.6 Å². The Balaban J connectivity index is 1.70. The Kier molecular flexibility index (Phi) is 6.19. The van der Waals surface area contributed by atoms with Crippen molar-refractivity contribution in [2.75, 3.05) is 0 Å². The van der Waals surface area contributed by atoms with Gasteiger partial charge in [-0.3, -0.25) is 14.5 Å². The van der Waals surface area contributed by atoms with Crippen molar-refractivity contribution in [3.63, 3.8) is 0 Å². The van der Waals surface area contributed by atoms with Crippen LogP contribution in [0.3, 0.4) is 0 Å². The number of nitriles is 1. The zero-order valence-electron chi connectivity index (χ0n) is 17.2. The van der Waals surface area contributed by atoms with E-state index in [1.165, 1.54) is 37.3 Å². The van der Waals surface area contributed by atoms with Gasteiger partial charge in [-0.1, -0.05) is 35.3 Å². The van der Waals surface area contributed by atoms with Gasteiger partial charge in [-0.2, -0.15) is 5.26 Å². The van der Waals surface area contributed by atoms with Crippen molar-refractivity contribution in [1.29, 1.82) is 5.26 Å². The number of amides is 2. The molecule has 1 aromatic heterocycles. The van der Waals surface area contributed by atoms with Gasteiger partial charge in [0.1, 0.15) is 29.0 Å². The second kappa shape index (κ2) is 9.07. The molecule has 0 aliphatic carbocycles. The number of hydrogen-bond acceptors (Lipinski definition) is 4. The highest BCUT2D eigenvalue weighted by Gasteiger charge is 2.35. The Morgan fingerprint density at radius 2 is 1.76 bits per heavy atom. The molecule has 0 spiro atoms. The molecule has 0 saturated carbocycles. The minimum Gasteiger partial charge on any atom is -0.457 e. The van der Waals surface area contributed by atoms with E-state index in [1.807, 2.05) is 6.07 Å². The van der Waals surface area contributed by atoms with E-state index in [4.69, 9.17) is 27.6 Å². The number of halogens is 3. The molecule has 2 aromatic carbocycles. The van der Waals surface area contributed by atoms with Crippen LogP contribution in [0.5, 0.6) is 0 Å². The molecule has 0 bridgehead atoms. The highest BCUT2D eigenvalue weighted by Crippen LogP contribution is 2.32. The molecule has 1 aliphatic heterocycles. The zero-order valence-corrected chi connectivity index (χ0v) is 18.7. The fourth-order valence-corrected chi connectivity index (χ4v) is 3.72. The largest absolute Gasteiger partial charge is 0.457 e. The Hall–Kier alpha value is -3.66. The van der Waals surface area contributed by atoms with Gasteiger partial charge < -0.3 is 4.42 Å². The molecule has 0 atom stereocenters. The molecule has 0 fully saturated rings. The summed E-state index contributed by atoms with van der Waals surface area (Å²) in [7, 11) is 0. The van der Waals surface area contributed by atoms with Crippen LogP contribution in [0.2, 0.25) is 10.0 Å². The van der Waals surface area contributed by atoms with Crippen molar-refractivity contribution in [2.45, 2.75) is 13.5 Å². The summed E-state index contributed by atoms with van der Waals surface area (Å²) in [6.07, 6.45) is 1.49. The molecular weight excluding hydrogens is 466 g/mol. The average molecular weight is 481 g/mol. The number of furan rings is 1. The van der Waals surface area contributed by atoms with Gasteiger partial charge in [0.15, 0.2) is 0 Å². The molecule has 3 aromatic rings. The molecule has 5 nitrogen and oxygen atoms in total. The number of nitrogens with zero attached hydrogens (tertiary/aromatic N) is 2. The van der Waals surface area contributed by atoms with Gasteiger partial charge in [0, 0.05) is 11.1 Å². The molecule has 2 amide bonds. The Morgan fingerprint density at radius 1 is 1.03 bits per heavy atom. The first-order chi connectivity index (χ1) is 15.8. The average Bonchev–Trinajstić information content (AvgIpc) is 3.26. The first-order valence-electron chi connectivity index (χ1n) is 9.77. The fourth-order valence-electron chi connectivity index (χ4n) is 3.42. The summed E-state index contributed by atoms with van der Waals surface area (Å²) in [6, 6.07) is 15.8. The summed E-state index contributed by atoms with van der Waals surface area (Å²) in [5.41, 5.74) is 1.52. The van der Waals surface area contributed by atoms with Crippen molar-refractivity contribution in [1.82, 2.24) is 4.90 Å². The summed E-state index contributed by atoms with van der Waals surface area (Å²) in [6.45, 7) is 1.44. The number of rotatable bonds is 4. The van der Waals surface area contributed by atoms with Crippen LogP contribution in [0.1, 0.15) is 18.2 Å². The Bertz CT molecular complexity index is 1380. The molecule has 0 saturated heterocycles. The summed E-state index contributed by atoms with van der Waals surface area (Å²) in [5.74, 6) is -0.845. The number of imide groups is 1. The topological polar surface area (TPSA) is 74.3 Å². The van der Waals surface area contributed by atoms with E-state index in [9.17, 15) is 19.2 Å². The van der Waals surface area contributed by atoms with E-state index >= 15 is 0 Å². The molecular formula is C25H15Cl2FN2O3. The maximum absolute atomic E-state index is 13.2. The van der Waals surface area contributed by atoms with Crippen LogP contribution in [-0.4, -0.2) is 16.7 Å². The van der Waals surface area contributed by atoms with Crippen LogP contribution < -0.4 is 0 Å². The molecule has 1 aliphatic rings. The molecule has 0 N–H and O–H groups in total. The predicted molar refractivity (Wildman–Crippen MR) is 122 cm³/mol. The Labute approximate surface area is 198 Å². The van der Waals surface area contributed by atoms with Crippen molar-refractivity contribution < 1.29 is 18.4 Å². The second-order valence-corrected chi connectivity index (χ2v) is 8.14. The van der Waals surface area contributed by atoms with Gasteiger partial charge in [0.25, 0.3) is 11.8 Å². The fraction of sp³-hybridized carbons (Fsp3) is 0.0800. The molecule has 33 heavy (non-hydrogen) atoms. The predicted octanol–water partition coefficient (Wildman–Crippen LogP) is 6.18. The van der Waals surface area contributed by atoms with E-state index in [0.29, 0.717) is 32.7 Å². The van der Waals surface area contributed by atoms with E-state index in [0.717, 1.165) is 4.90 Å². The molecule has 8 heteroatoms. The summed E-state index contributed by atoms with van der Waals surface area (Å²) in [5, 5.41) is 10.3. The van der Waals surface area contributed by atoms with Gasteiger partial charge in [0.05, 0.1) is 16.6 Å². The molecule has 2 heterocycles. The molecule has 164 valence electrons. The molecule has 4 rings (SSSR count). The van der Waals surface area contributed by atoms with Crippen molar-refractivity contribution >= 4 is 41.1 Å². The van der Waals surface area contributed by atoms with E-state index < -0.39 is 17.6 Å². The second-order valence-electron chi connectivity index (χ2n) is 7.32. The highest BCUT2D eigenvalue weighted by molar-refractivity contribution is 6.42. The third-order valence-corrected chi connectivity index (χ3v) is 5.94. The van der Waals surface area contributed by atoms with Crippen LogP contribution in [0.25, 0.3) is 17.4 Å². The lowest BCUT2D eigenvalue weighted by molar-refractivity contribution is -0.141. The van der Waals surface area contributed by atoms with Crippen molar-refractivity contribution in [3.8, 4) is 17.4 Å². The maximum atomic E-state index is 13.2. The lowest BCUT2D eigenvalue weighted by Crippen LogP contribution is -2.42. The van der Waals surface area contributed by atoms with E-state index in [2.05, 4.69) is 0 Å². The number of benzene rings is 2. The van der Waals surface area contributed by atoms with Crippen molar-refractivity contribution in [2.24, 2.45) is 0 Å². The number of hydrogen-bond donors (Lipinski definition) is 0. The summed E-state index contributed by atoms with van der Waals surface area (Å²) in [4.78, 5) is 26.9. The zero-order chi connectivity index (χ0) is 23.7. The third kappa shape index (κ3) is 4.47.